The lowest BCUT2D eigenvalue weighted by Crippen LogP contribution is -2.36. The maximum atomic E-state index is 12.7. The number of hydrogen-bond donors (Lipinski definition) is 6. The number of nitrogens with one attached hydrogen (secondary N) is 4. The minimum absolute atomic E-state index is 0.0224. The molecule has 2 heterocycles. The van der Waals surface area contributed by atoms with Crippen LogP contribution in [0.3, 0.4) is 0 Å². The number of hydrogen-bond acceptors (Lipinski definition) is 8. The molecule has 12 heteroatoms. The van der Waals surface area contributed by atoms with E-state index in [2.05, 4.69) is 25.8 Å². The second-order valence-corrected chi connectivity index (χ2v) is 9.31. The predicted molar refractivity (Wildman–Crippen MR) is 150 cm³/mol. The molecule has 1 aliphatic rings. The van der Waals surface area contributed by atoms with Gasteiger partial charge in [0.05, 0.1) is 13.2 Å². The predicted octanol–water partition coefficient (Wildman–Crippen LogP) is 0.683. The summed E-state index contributed by atoms with van der Waals surface area (Å²) in [4.78, 5) is 31.5. The van der Waals surface area contributed by atoms with Gasteiger partial charge in [0, 0.05) is 49.7 Å². The SMILES string of the molecule is N=C(N)NCCCC(CCCn1ccc(NC(=O)c2ccc(N3CCOCC3)cc2)nc1=O)NCCCN. The Morgan fingerprint density at radius 2 is 1.82 bits per heavy atom. The molecule has 12 nitrogen and oxygen atoms in total. The van der Waals surface area contributed by atoms with Crippen LogP contribution in [0.5, 0.6) is 0 Å². The fraction of sp³-hybridized carbons (Fsp3) is 0.538. The fourth-order valence-electron chi connectivity index (χ4n) is 4.34. The van der Waals surface area contributed by atoms with Crippen LogP contribution in [0.25, 0.3) is 0 Å². The lowest BCUT2D eigenvalue weighted by atomic mass is 10.1. The summed E-state index contributed by atoms with van der Waals surface area (Å²) in [5.41, 5.74) is 12.1. The van der Waals surface area contributed by atoms with E-state index in [4.69, 9.17) is 21.6 Å². The van der Waals surface area contributed by atoms with E-state index in [-0.39, 0.29) is 23.7 Å². The van der Waals surface area contributed by atoms with E-state index >= 15 is 0 Å². The number of aromatic nitrogens is 2. The van der Waals surface area contributed by atoms with Crippen LogP contribution in [0, 0.1) is 5.41 Å². The summed E-state index contributed by atoms with van der Waals surface area (Å²) < 4.78 is 6.94. The van der Waals surface area contributed by atoms with Crippen molar-refractivity contribution in [1.82, 2.24) is 20.2 Å². The van der Waals surface area contributed by atoms with Crippen molar-refractivity contribution in [3.05, 3.63) is 52.6 Å². The molecule has 3 rings (SSSR count). The first-order valence-corrected chi connectivity index (χ1v) is 13.3. The highest BCUT2D eigenvalue weighted by Gasteiger charge is 2.13. The number of aryl methyl sites for hydroxylation is 1. The molecule has 38 heavy (non-hydrogen) atoms. The molecule has 0 saturated carbocycles. The minimum Gasteiger partial charge on any atom is -0.378 e. The standard InChI is InChI=1S/C26H41N9O3/c27-11-3-13-30-21(4-1-12-31-25(28)29)5-2-14-35-15-10-23(33-26(35)37)32-24(36)20-6-8-22(9-7-20)34-16-18-38-19-17-34/h6-10,15,21,30H,1-5,11-14,16-19,27H2,(H4,28,29,31)(H,32,33,36,37). The fourth-order valence-corrected chi connectivity index (χ4v) is 4.34. The number of carbonyl (C=O) groups is 1. The lowest BCUT2D eigenvalue weighted by molar-refractivity contribution is 0.102. The van der Waals surface area contributed by atoms with Gasteiger partial charge in [0.1, 0.15) is 5.82 Å². The molecule has 0 spiro atoms. The van der Waals surface area contributed by atoms with Crippen molar-refractivity contribution in [3.63, 3.8) is 0 Å². The molecule has 1 atom stereocenters. The Labute approximate surface area is 223 Å². The van der Waals surface area contributed by atoms with Gasteiger partial charge in [-0.05, 0) is 75.5 Å². The third kappa shape index (κ3) is 9.77. The molecule has 2 aromatic rings. The Balaban J connectivity index is 1.48. The number of nitrogens with two attached hydrogens (primary N) is 2. The molecule has 0 bridgehead atoms. The molecule has 208 valence electrons. The first-order chi connectivity index (χ1) is 18.5. The number of guanidine groups is 1. The highest BCUT2D eigenvalue weighted by Crippen LogP contribution is 2.17. The van der Waals surface area contributed by atoms with E-state index in [0.717, 1.165) is 57.4 Å². The smallest absolute Gasteiger partial charge is 0.349 e. The Hall–Kier alpha value is -3.48. The van der Waals surface area contributed by atoms with Crippen molar-refractivity contribution < 1.29 is 9.53 Å². The topological polar surface area (TPSA) is 176 Å². The van der Waals surface area contributed by atoms with Crippen molar-refractivity contribution in [1.29, 1.82) is 5.41 Å². The number of amides is 1. The minimum atomic E-state index is -0.399. The van der Waals surface area contributed by atoms with Gasteiger partial charge in [-0.3, -0.25) is 14.8 Å². The number of nitrogens with zero attached hydrogens (tertiary/aromatic N) is 3. The molecule has 1 amide bonds. The Morgan fingerprint density at radius 1 is 1.08 bits per heavy atom. The molecule has 0 aliphatic carbocycles. The van der Waals surface area contributed by atoms with Gasteiger partial charge in [-0.2, -0.15) is 4.98 Å². The number of anilines is 2. The van der Waals surface area contributed by atoms with Crippen LogP contribution in [-0.2, 0) is 11.3 Å². The molecule has 1 fully saturated rings. The van der Waals surface area contributed by atoms with Crippen molar-refractivity contribution in [2.24, 2.45) is 11.5 Å². The van der Waals surface area contributed by atoms with E-state index in [1.165, 1.54) is 0 Å². The van der Waals surface area contributed by atoms with Gasteiger partial charge < -0.3 is 37.1 Å². The number of benzene rings is 1. The van der Waals surface area contributed by atoms with Crippen LogP contribution in [-0.4, -0.2) is 73.4 Å². The Bertz CT molecular complexity index is 1070. The van der Waals surface area contributed by atoms with E-state index in [0.29, 0.717) is 38.4 Å². The Morgan fingerprint density at radius 3 is 2.50 bits per heavy atom. The number of ether oxygens (including phenoxy) is 1. The monoisotopic (exact) mass is 527 g/mol. The van der Waals surface area contributed by atoms with E-state index in [9.17, 15) is 9.59 Å². The van der Waals surface area contributed by atoms with Gasteiger partial charge >= 0.3 is 5.69 Å². The molecular weight excluding hydrogens is 486 g/mol. The quantitative estimate of drug-likeness (QED) is 0.110. The maximum Gasteiger partial charge on any atom is 0.349 e. The zero-order valence-electron chi connectivity index (χ0n) is 22.0. The van der Waals surface area contributed by atoms with Gasteiger partial charge in [-0.1, -0.05) is 0 Å². The maximum absolute atomic E-state index is 12.7. The third-order valence-corrected chi connectivity index (χ3v) is 6.43. The summed E-state index contributed by atoms with van der Waals surface area (Å²) >= 11 is 0. The largest absolute Gasteiger partial charge is 0.378 e. The lowest BCUT2D eigenvalue weighted by Gasteiger charge is -2.28. The average molecular weight is 528 g/mol. The normalized spacial score (nSPS) is 14.2. The molecule has 0 radical (unpaired) electrons. The molecule has 1 saturated heterocycles. The Kier molecular flexibility index (Phi) is 12.0. The summed E-state index contributed by atoms with van der Waals surface area (Å²) in [7, 11) is 0. The van der Waals surface area contributed by atoms with Crippen molar-refractivity contribution in [2.45, 2.75) is 44.7 Å². The summed E-state index contributed by atoms with van der Waals surface area (Å²) in [6.45, 7) is 5.72. The van der Waals surface area contributed by atoms with Crippen molar-refractivity contribution in [3.8, 4) is 0 Å². The summed E-state index contributed by atoms with van der Waals surface area (Å²) in [5, 5.41) is 16.3. The van der Waals surface area contributed by atoms with Crippen LogP contribution in [0.2, 0.25) is 0 Å². The van der Waals surface area contributed by atoms with Gasteiger partial charge in [-0.25, -0.2) is 4.79 Å². The first kappa shape index (κ1) is 29.1. The second kappa shape index (κ2) is 15.7. The zero-order valence-corrected chi connectivity index (χ0v) is 22.0. The molecule has 8 N–H and O–H groups in total. The van der Waals surface area contributed by atoms with Gasteiger partial charge in [-0.15, -0.1) is 0 Å². The van der Waals surface area contributed by atoms with Crippen LogP contribution in [0.15, 0.2) is 41.3 Å². The van der Waals surface area contributed by atoms with E-state index < -0.39 is 5.69 Å². The number of morpholine rings is 1. The van der Waals surface area contributed by atoms with Crippen molar-refractivity contribution in [2.75, 3.05) is 56.2 Å². The number of rotatable bonds is 15. The second-order valence-electron chi connectivity index (χ2n) is 9.31. The highest BCUT2D eigenvalue weighted by atomic mass is 16.5. The number of carbonyl (C=O) groups excluding carboxylic acids is 1. The molecule has 1 aromatic carbocycles. The molecular formula is C26H41N9O3. The highest BCUT2D eigenvalue weighted by molar-refractivity contribution is 6.03. The summed E-state index contributed by atoms with van der Waals surface area (Å²) in [6.07, 6.45) is 6.05. The average Bonchev–Trinajstić information content (AvgIpc) is 2.92. The summed E-state index contributed by atoms with van der Waals surface area (Å²) in [6, 6.07) is 9.32. The zero-order chi connectivity index (χ0) is 27.2. The van der Waals surface area contributed by atoms with Gasteiger partial charge in [0.2, 0.25) is 0 Å². The molecule has 1 aliphatic heterocycles. The van der Waals surface area contributed by atoms with Gasteiger partial charge in [0.25, 0.3) is 5.91 Å². The third-order valence-electron chi connectivity index (χ3n) is 6.43. The van der Waals surface area contributed by atoms with Crippen molar-refractivity contribution >= 4 is 23.4 Å². The van der Waals surface area contributed by atoms with E-state index in [1.807, 2.05) is 12.1 Å². The first-order valence-electron chi connectivity index (χ1n) is 13.3. The molecule has 1 unspecified atom stereocenters. The van der Waals surface area contributed by atoms with E-state index in [1.54, 1.807) is 29.0 Å². The van der Waals surface area contributed by atoms with Crippen LogP contribution in [0.1, 0.15) is 42.5 Å². The van der Waals surface area contributed by atoms with Crippen LogP contribution >= 0.6 is 0 Å². The van der Waals surface area contributed by atoms with Crippen LogP contribution < -0.4 is 38.0 Å². The van der Waals surface area contributed by atoms with Gasteiger partial charge in [0.15, 0.2) is 5.96 Å². The van der Waals surface area contributed by atoms with Crippen LogP contribution in [0.4, 0.5) is 11.5 Å². The molecule has 1 aromatic heterocycles. The summed E-state index contributed by atoms with van der Waals surface area (Å²) in [5.74, 6) is -0.104.